The van der Waals surface area contributed by atoms with Gasteiger partial charge in [-0.1, -0.05) is 25.7 Å². The van der Waals surface area contributed by atoms with Crippen molar-refractivity contribution in [2.24, 2.45) is 0 Å². The van der Waals surface area contributed by atoms with Crippen molar-refractivity contribution < 1.29 is 18.9 Å². The Morgan fingerprint density at radius 3 is 0.962 bits per heavy atom. The maximum atomic E-state index is 6.11. The Hall–Kier alpha value is -0.240. The van der Waals surface area contributed by atoms with E-state index in [0.717, 1.165) is 78.3 Å². The molecule has 3 aliphatic rings. The van der Waals surface area contributed by atoms with E-state index in [-0.39, 0.29) is 24.4 Å². The van der Waals surface area contributed by atoms with Crippen LogP contribution >= 0.6 is 0 Å². The summed E-state index contributed by atoms with van der Waals surface area (Å²) >= 11 is 0. The lowest BCUT2D eigenvalue weighted by molar-refractivity contribution is -0.0968. The standard InChI is InChI=1S/C20H38N2O4/c1-2-6-18-17(5-1)23-13-9-21-11-15-25-19-7-3-4-8-20(19)26-16-12-22-10-14-24-18/h17-22H,1-16H2. The Morgan fingerprint density at radius 2 is 0.692 bits per heavy atom. The van der Waals surface area contributed by atoms with Crippen LogP contribution in [0.3, 0.4) is 0 Å². The summed E-state index contributed by atoms with van der Waals surface area (Å²) < 4.78 is 24.4. The Labute approximate surface area is 158 Å². The van der Waals surface area contributed by atoms with Crippen LogP contribution in [-0.4, -0.2) is 77.0 Å². The molecule has 0 spiro atoms. The summed E-state index contributed by atoms with van der Waals surface area (Å²) in [5.74, 6) is 0. The average molecular weight is 371 g/mol. The first kappa shape index (κ1) is 20.5. The minimum absolute atomic E-state index is 0.256. The first-order valence-corrected chi connectivity index (χ1v) is 10.8. The largest absolute Gasteiger partial charge is 0.374 e. The van der Waals surface area contributed by atoms with E-state index in [0.29, 0.717) is 0 Å². The first-order chi connectivity index (χ1) is 12.9. The molecule has 2 saturated carbocycles. The molecular formula is C20H38N2O4. The Morgan fingerprint density at radius 1 is 0.423 bits per heavy atom. The van der Waals surface area contributed by atoms with Crippen LogP contribution in [0.25, 0.3) is 0 Å². The highest BCUT2D eigenvalue weighted by atomic mass is 16.5. The van der Waals surface area contributed by atoms with Crippen molar-refractivity contribution in [3.8, 4) is 0 Å². The molecule has 0 amide bonds. The molecule has 26 heavy (non-hydrogen) atoms. The number of nitrogens with one attached hydrogen (secondary N) is 2. The van der Waals surface area contributed by atoms with Gasteiger partial charge < -0.3 is 29.6 Å². The molecule has 1 heterocycles. The fourth-order valence-electron chi connectivity index (χ4n) is 4.27. The number of rotatable bonds is 0. The topological polar surface area (TPSA) is 61.0 Å². The number of ether oxygens (including phenoxy) is 4. The van der Waals surface area contributed by atoms with Gasteiger partial charge in [0, 0.05) is 26.2 Å². The highest BCUT2D eigenvalue weighted by molar-refractivity contribution is 4.78. The molecule has 4 unspecified atom stereocenters. The molecule has 0 aromatic rings. The number of hydrogen-bond acceptors (Lipinski definition) is 6. The number of fused-ring (bicyclic) bond motifs is 2. The zero-order valence-corrected chi connectivity index (χ0v) is 16.3. The molecule has 0 aromatic heterocycles. The highest BCUT2D eigenvalue weighted by Crippen LogP contribution is 2.24. The Balaban J connectivity index is 1.44. The average Bonchev–Trinajstić information content (AvgIpc) is 2.68. The van der Waals surface area contributed by atoms with Crippen LogP contribution in [0.1, 0.15) is 51.4 Å². The van der Waals surface area contributed by atoms with Gasteiger partial charge in [-0.05, 0) is 25.7 Å². The van der Waals surface area contributed by atoms with Crippen LogP contribution in [-0.2, 0) is 18.9 Å². The van der Waals surface area contributed by atoms with Crippen LogP contribution in [0.15, 0.2) is 0 Å². The lowest BCUT2D eigenvalue weighted by atomic mass is 9.94. The lowest BCUT2D eigenvalue weighted by Crippen LogP contribution is -2.40. The second kappa shape index (κ2) is 12.3. The molecule has 1 saturated heterocycles. The zero-order chi connectivity index (χ0) is 17.9. The summed E-state index contributed by atoms with van der Waals surface area (Å²) in [6.07, 6.45) is 10.5. The Kier molecular flexibility index (Phi) is 9.67. The second-order valence-corrected chi connectivity index (χ2v) is 7.71. The summed E-state index contributed by atoms with van der Waals surface area (Å²) in [6.45, 7) is 6.49. The third-order valence-corrected chi connectivity index (χ3v) is 5.73. The molecule has 4 atom stereocenters. The molecular weight excluding hydrogens is 332 g/mol. The van der Waals surface area contributed by atoms with E-state index in [2.05, 4.69) is 10.6 Å². The van der Waals surface area contributed by atoms with Gasteiger partial charge in [0.2, 0.25) is 0 Å². The maximum Gasteiger partial charge on any atom is 0.0837 e. The van der Waals surface area contributed by atoms with Crippen LogP contribution in [0.4, 0.5) is 0 Å². The van der Waals surface area contributed by atoms with E-state index in [4.69, 9.17) is 18.9 Å². The van der Waals surface area contributed by atoms with Gasteiger partial charge in [0.25, 0.3) is 0 Å². The van der Waals surface area contributed by atoms with Crippen LogP contribution in [0.5, 0.6) is 0 Å². The minimum atomic E-state index is 0.256. The van der Waals surface area contributed by atoms with Crippen molar-refractivity contribution in [1.82, 2.24) is 10.6 Å². The fourth-order valence-corrected chi connectivity index (χ4v) is 4.27. The van der Waals surface area contributed by atoms with Gasteiger partial charge in [0.05, 0.1) is 50.8 Å². The third-order valence-electron chi connectivity index (χ3n) is 5.73. The molecule has 3 fully saturated rings. The van der Waals surface area contributed by atoms with Crippen molar-refractivity contribution in [2.75, 3.05) is 52.6 Å². The molecule has 2 N–H and O–H groups in total. The van der Waals surface area contributed by atoms with E-state index < -0.39 is 0 Å². The first-order valence-electron chi connectivity index (χ1n) is 10.8. The van der Waals surface area contributed by atoms with E-state index in [1.165, 1.54) is 25.7 Å². The van der Waals surface area contributed by atoms with Gasteiger partial charge in [0.1, 0.15) is 0 Å². The van der Waals surface area contributed by atoms with E-state index in [1.807, 2.05) is 0 Å². The predicted octanol–water partition coefficient (Wildman–Crippen LogP) is 1.87. The van der Waals surface area contributed by atoms with E-state index in [1.54, 1.807) is 0 Å². The molecule has 6 heteroatoms. The molecule has 0 aromatic carbocycles. The summed E-state index contributed by atoms with van der Waals surface area (Å²) in [5.41, 5.74) is 0. The van der Waals surface area contributed by atoms with Gasteiger partial charge in [-0.2, -0.15) is 0 Å². The lowest BCUT2D eigenvalue weighted by Gasteiger charge is -2.32. The molecule has 1 aliphatic heterocycles. The molecule has 3 rings (SSSR count). The normalized spacial score (nSPS) is 36.9. The van der Waals surface area contributed by atoms with Crippen molar-refractivity contribution in [2.45, 2.75) is 75.8 Å². The van der Waals surface area contributed by atoms with Gasteiger partial charge in [-0.25, -0.2) is 0 Å². The van der Waals surface area contributed by atoms with Crippen molar-refractivity contribution in [3.63, 3.8) is 0 Å². The summed E-state index contributed by atoms with van der Waals surface area (Å²) in [5, 5.41) is 6.88. The van der Waals surface area contributed by atoms with E-state index >= 15 is 0 Å². The van der Waals surface area contributed by atoms with Gasteiger partial charge in [0.15, 0.2) is 0 Å². The van der Waals surface area contributed by atoms with Crippen molar-refractivity contribution in [1.29, 1.82) is 0 Å². The van der Waals surface area contributed by atoms with E-state index in [9.17, 15) is 0 Å². The van der Waals surface area contributed by atoms with Gasteiger partial charge >= 0.3 is 0 Å². The highest BCUT2D eigenvalue weighted by Gasteiger charge is 2.27. The fraction of sp³-hybridized carbons (Fsp3) is 1.00. The van der Waals surface area contributed by atoms with Gasteiger partial charge in [-0.15, -0.1) is 0 Å². The smallest absolute Gasteiger partial charge is 0.0837 e. The van der Waals surface area contributed by atoms with Crippen LogP contribution < -0.4 is 10.6 Å². The quantitative estimate of drug-likeness (QED) is 0.679. The molecule has 2 aliphatic carbocycles. The summed E-state index contributed by atoms with van der Waals surface area (Å²) in [6, 6.07) is 0. The van der Waals surface area contributed by atoms with Crippen LogP contribution in [0.2, 0.25) is 0 Å². The second-order valence-electron chi connectivity index (χ2n) is 7.71. The Bertz CT molecular complexity index is 306. The summed E-state index contributed by atoms with van der Waals surface area (Å²) in [7, 11) is 0. The minimum Gasteiger partial charge on any atom is -0.374 e. The number of hydrogen-bond donors (Lipinski definition) is 2. The maximum absolute atomic E-state index is 6.11. The summed E-state index contributed by atoms with van der Waals surface area (Å²) in [4.78, 5) is 0. The molecule has 152 valence electrons. The molecule has 0 bridgehead atoms. The SMILES string of the molecule is C1CCC2OCCNCCOC3CCCCC3OCCNCCOC2C1. The van der Waals surface area contributed by atoms with Crippen molar-refractivity contribution in [3.05, 3.63) is 0 Å². The third kappa shape index (κ3) is 7.06. The molecule has 6 nitrogen and oxygen atoms in total. The zero-order valence-electron chi connectivity index (χ0n) is 16.3. The van der Waals surface area contributed by atoms with Gasteiger partial charge in [-0.3, -0.25) is 0 Å². The monoisotopic (exact) mass is 370 g/mol. The predicted molar refractivity (Wildman–Crippen MR) is 102 cm³/mol. The van der Waals surface area contributed by atoms with Crippen LogP contribution in [0, 0.1) is 0 Å². The molecule has 0 radical (unpaired) electrons. The van der Waals surface area contributed by atoms with Crippen molar-refractivity contribution >= 4 is 0 Å².